The van der Waals surface area contributed by atoms with Crippen molar-refractivity contribution in [2.75, 3.05) is 20.3 Å². The number of hydrogen-bond donors (Lipinski definition) is 1. The molecule has 2 unspecified atom stereocenters. The van der Waals surface area contributed by atoms with E-state index in [4.69, 9.17) is 9.47 Å². The molecular formula is C17H29NO2. The standard InChI is InChI=1S/C17H29NO2/c1-6-13-18-16(17(4,7-2)19-5)14-11-9-10-12-15(14)20-8-3/h9-12,16,18H,6-8,13H2,1-5H3. The van der Waals surface area contributed by atoms with E-state index in [9.17, 15) is 0 Å². The molecule has 0 fully saturated rings. The number of rotatable bonds is 9. The van der Waals surface area contributed by atoms with Crippen LogP contribution in [0.1, 0.15) is 52.1 Å². The third-order valence-electron chi connectivity index (χ3n) is 3.91. The second kappa shape index (κ2) is 8.28. The zero-order chi connectivity index (χ0) is 15.0. The summed E-state index contributed by atoms with van der Waals surface area (Å²) < 4.78 is 11.6. The predicted octanol–water partition coefficient (Wildman–Crippen LogP) is 3.94. The van der Waals surface area contributed by atoms with Crippen LogP contribution >= 0.6 is 0 Å². The number of methoxy groups -OCH3 is 1. The van der Waals surface area contributed by atoms with Gasteiger partial charge in [0.05, 0.1) is 18.2 Å². The molecule has 0 aliphatic rings. The van der Waals surface area contributed by atoms with E-state index in [2.05, 4.69) is 38.2 Å². The number of para-hydroxylation sites is 1. The Kier molecular flexibility index (Phi) is 7.03. The van der Waals surface area contributed by atoms with Crippen molar-refractivity contribution in [3.8, 4) is 5.75 Å². The smallest absolute Gasteiger partial charge is 0.124 e. The zero-order valence-electron chi connectivity index (χ0n) is 13.5. The Morgan fingerprint density at radius 3 is 2.45 bits per heavy atom. The molecule has 0 radical (unpaired) electrons. The molecule has 0 aromatic heterocycles. The summed E-state index contributed by atoms with van der Waals surface area (Å²) >= 11 is 0. The van der Waals surface area contributed by atoms with Crippen molar-refractivity contribution < 1.29 is 9.47 Å². The third-order valence-corrected chi connectivity index (χ3v) is 3.91. The molecule has 0 heterocycles. The van der Waals surface area contributed by atoms with Crippen LogP contribution in [0.25, 0.3) is 0 Å². The highest BCUT2D eigenvalue weighted by atomic mass is 16.5. The number of hydrogen-bond acceptors (Lipinski definition) is 3. The summed E-state index contributed by atoms with van der Waals surface area (Å²) in [7, 11) is 1.79. The van der Waals surface area contributed by atoms with Crippen LogP contribution in [0.2, 0.25) is 0 Å². The first-order chi connectivity index (χ1) is 9.62. The van der Waals surface area contributed by atoms with Gasteiger partial charge in [-0.15, -0.1) is 0 Å². The van der Waals surface area contributed by atoms with Gasteiger partial charge in [-0.05, 0) is 39.3 Å². The number of benzene rings is 1. The fourth-order valence-electron chi connectivity index (χ4n) is 2.42. The lowest BCUT2D eigenvalue weighted by atomic mass is 9.87. The van der Waals surface area contributed by atoms with Crippen LogP contribution in [0.4, 0.5) is 0 Å². The fraction of sp³-hybridized carbons (Fsp3) is 0.647. The summed E-state index contributed by atoms with van der Waals surface area (Å²) in [5, 5.41) is 3.62. The fourth-order valence-corrected chi connectivity index (χ4v) is 2.42. The molecule has 20 heavy (non-hydrogen) atoms. The second-order valence-electron chi connectivity index (χ2n) is 5.23. The second-order valence-corrected chi connectivity index (χ2v) is 5.23. The molecular weight excluding hydrogens is 250 g/mol. The van der Waals surface area contributed by atoms with Crippen LogP contribution in [-0.4, -0.2) is 25.9 Å². The van der Waals surface area contributed by atoms with E-state index >= 15 is 0 Å². The summed E-state index contributed by atoms with van der Waals surface area (Å²) in [6.45, 7) is 10.1. The van der Waals surface area contributed by atoms with Crippen molar-refractivity contribution in [1.29, 1.82) is 0 Å². The van der Waals surface area contributed by atoms with Crippen LogP contribution in [0.5, 0.6) is 5.75 Å². The van der Waals surface area contributed by atoms with E-state index in [-0.39, 0.29) is 11.6 Å². The normalized spacial score (nSPS) is 15.7. The first-order valence-electron chi connectivity index (χ1n) is 7.63. The van der Waals surface area contributed by atoms with Gasteiger partial charge in [0.25, 0.3) is 0 Å². The summed E-state index contributed by atoms with van der Waals surface area (Å²) in [6, 6.07) is 8.36. The summed E-state index contributed by atoms with van der Waals surface area (Å²) in [5.74, 6) is 0.945. The monoisotopic (exact) mass is 279 g/mol. The lowest BCUT2D eigenvalue weighted by Gasteiger charge is -2.37. The highest BCUT2D eigenvalue weighted by Crippen LogP contribution is 2.36. The Morgan fingerprint density at radius 2 is 1.90 bits per heavy atom. The van der Waals surface area contributed by atoms with Crippen LogP contribution in [-0.2, 0) is 4.74 Å². The minimum Gasteiger partial charge on any atom is -0.494 e. The summed E-state index contributed by atoms with van der Waals surface area (Å²) in [5.41, 5.74) is 0.927. The van der Waals surface area contributed by atoms with Crippen LogP contribution in [0.3, 0.4) is 0 Å². The van der Waals surface area contributed by atoms with Crippen LogP contribution in [0.15, 0.2) is 24.3 Å². The SMILES string of the molecule is CCCNC(c1ccccc1OCC)C(C)(CC)OC. The highest BCUT2D eigenvalue weighted by Gasteiger charge is 2.35. The number of nitrogens with one attached hydrogen (secondary N) is 1. The largest absolute Gasteiger partial charge is 0.494 e. The van der Waals surface area contributed by atoms with Gasteiger partial charge in [-0.2, -0.15) is 0 Å². The maximum Gasteiger partial charge on any atom is 0.124 e. The average Bonchev–Trinajstić information content (AvgIpc) is 2.49. The molecule has 1 aromatic carbocycles. The quantitative estimate of drug-likeness (QED) is 0.742. The summed E-state index contributed by atoms with van der Waals surface area (Å²) in [4.78, 5) is 0. The van der Waals surface area contributed by atoms with E-state index in [1.807, 2.05) is 19.1 Å². The molecule has 0 saturated heterocycles. The van der Waals surface area contributed by atoms with Gasteiger partial charge in [-0.1, -0.05) is 32.0 Å². The Balaban J connectivity index is 3.16. The maximum absolute atomic E-state index is 5.82. The molecule has 3 heteroatoms. The zero-order valence-corrected chi connectivity index (χ0v) is 13.5. The van der Waals surface area contributed by atoms with Crippen molar-refractivity contribution >= 4 is 0 Å². The molecule has 0 aliphatic carbocycles. The van der Waals surface area contributed by atoms with Crippen molar-refractivity contribution in [3.63, 3.8) is 0 Å². The van der Waals surface area contributed by atoms with E-state index in [1.165, 1.54) is 5.56 Å². The van der Waals surface area contributed by atoms with Gasteiger partial charge in [0, 0.05) is 12.7 Å². The van der Waals surface area contributed by atoms with Gasteiger partial charge in [-0.3, -0.25) is 0 Å². The first kappa shape index (κ1) is 17.0. The minimum atomic E-state index is -0.248. The van der Waals surface area contributed by atoms with E-state index < -0.39 is 0 Å². The van der Waals surface area contributed by atoms with Crippen molar-refractivity contribution in [1.82, 2.24) is 5.32 Å². The van der Waals surface area contributed by atoms with E-state index in [1.54, 1.807) is 7.11 Å². The van der Waals surface area contributed by atoms with Crippen LogP contribution < -0.4 is 10.1 Å². The molecule has 0 saturated carbocycles. The Morgan fingerprint density at radius 1 is 1.20 bits per heavy atom. The van der Waals surface area contributed by atoms with E-state index in [0.717, 1.165) is 25.1 Å². The minimum absolute atomic E-state index is 0.125. The van der Waals surface area contributed by atoms with Gasteiger partial charge >= 0.3 is 0 Å². The van der Waals surface area contributed by atoms with Gasteiger partial charge in [0.1, 0.15) is 5.75 Å². The molecule has 114 valence electrons. The molecule has 0 spiro atoms. The van der Waals surface area contributed by atoms with Gasteiger partial charge < -0.3 is 14.8 Å². The molecule has 0 amide bonds. The molecule has 3 nitrogen and oxygen atoms in total. The van der Waals surface area contributed by atoms with Gasteiger partial charge in [0.15, 0.2) is 0 Å². The molecule has 0 bridgehead atoms. The first-order valence-corrected chi connectivity index (χ1v) is 7.63. The predicted molar refractivity (Wildman–Crippen MR) is 84.4 cm³/mol. The van der Waals surface area contributed by atoms with Gasteiger partial charge in [0.2, 0.25) is 0 Å². The Labute approximate surface area is 123 Å². The third kappa shape index (κ3) is 3.97. The lowest BCUT2D eigenvalue weighted by Crippen LogP contribution is -2.43. The lowest BCUT2D eigenvalue weighted by molar-refractivity contribution is -0.0305. The Hall–Kier alpha value is -1.06. The van der Waals surface area contributed by atoms with Crippen molar-refractivity contribution in [2.45, 2.75) is 52.2 Å². The topological polar surface area (TPSA) is 30.5 Å². The Bertz CT molecular complexity index is 388. The van der Waals surface area contributed by atoms with Crippen molar-refractivity contribution in [2.24, 2.45) is 0 Å². The van der Waals surface area contributed by atoms with Gasteiger partial charge in [-0.25, -0.2) is 0 Å². The number of ether oxygens (including phenoxy) is 2. The van der Waals surface area contributed by atoms with Crippen LogP contribution in [0, 0.1) is 0 Å². The molecule has 0 aliphatic heterocycles. The molecule has 1 aromatic rings. The molecule has 1 N–H and O–H groups in total. The van der Waals surface area contributed by atoms with E-state index in [0.29, 0.717) is 6.61 Å². The maximum atomic E-state index is 5.82. The molecule has 2 atom stereocenters. The van der Waals surface area contributed by atoms with Crippen molar-refractivity contribution in [3.05, 3.63) is 29.8 Å². The average molecular weight is 279 g/mol. The molecule has 1 rings (SSSR count). The highest BCUT2D eigenvalue weighted by molar-refractivity contribution is 5.37. The summed E-state index contributed by atoms with van der Waals surface area (Å²) in [6.07, 6.45) is 2.03.